The Morgan fingerprint density at radius 3 is 2.79 bits per heavy atom. The summed E-state index contributed by atoms with van der Waals surface area (Å²) in [5, 5.41) is 11.0. The van der Waals surface area contributed by atoms with Crippen LogP contribution < -0.4 is 16.3 Å². The highest BCUT2D eigenvalue weighted by Gasteiger charge is 2.35. The fourth-order valence-electron chi connectivity index (χ4n) is 2.96. The van der Waals surface area contributed by atoms with E-state index < -0.39 is 6.09 Å². The molecule has 104 valence electrons. The van der Waals surface area contributed by atoms with Crippen LogP contribution in [0.3, 0.4) is 0 Å². The first kappa shape index (κ1) is 13.8. The van der Waals surface area contributed by atoms with Gasteiger partial charge in [-0.15, -0.1) is 0 Å². The summed E-state index contributed by atoms with van der Waals surface area (Å²) in [6.07, 6.45) is 0.836. The summed E-state index contributed by atoms with van der Waals surface area (Å²) in [5.74, 6) is 0.365. The molecular weight excluding hydrogens is 242 g/mol. The predicted molar refractivity (Wildman–Crippen MR) is 70.5 cm³/mol. The highest BCUT2D eigenvalue weighted by molar-refractivity contribution is 5.60. The number of piperidine rings is 1. The summed E-state index contributed by atoms with van der Waals surface area (Å²) in [6, 6.07) is 9.93. The van der Waals surface area contributed by atoms with E-state index >= 15 is 0 Å². The van der Waals surface area contributed by atoms with Crippen LogP contribution in [0.2, 0.25) is 0 Å². The van der Waals surface area contributed by atoms with Crippen molar-refractivity contribution in [3.63, 3.8) is 0 Å². The van der Waals surface area contributed by atoms with Crippen LogP contribution in [0.4, 0.5) is 4.79 Å². The molecule has 1 aliphatic rings. The lowest BCUT2D eigenvalue weighted by Gasteiger charge is -2.43. The molecule has 0 radical (unpaired) electrons. The summed E-state index contributed by atoms with van der Waals surface area (Å²) in [5.41, 5.74) is 9.46. The van der Waals surface area contributed by atoms with Crippen LogP contribution in [0.25, 0.3) is 0 Å². The predicted octanol–water partition coefficient (Wildman–Crippen LogP) is 0.220. The van der Waals surface area contributed by atoms with Crippen molar-refractivity contribution in [1.82, 2.24) is 5.43 Å². The van der Waals surface area contributed by atoms with Crippen LogP contribution in [0.15, 0.2) is 30.3 Å². The Bertz CT molecular complexity index is 424. The molecule has 19 heavy (non-hydrogen) atoms. The third kappa shape index (κ3) is 3.68. The molecule has 0 saturated carbocycles. The lowest BCUT2D eigenvalue weighted by Crippen LogP contribution is -2.66. The first-order valence-corrected chi connectivity index (χ1v) is 6.73. The molecule has 1 saturated heterocycles. The second kappa shape index (κ2) is 6.04. The van der Waals surface area contributed by atoms with E-state index in [1.165, 1.54) is 0 Å². The SMILES string of the molecule is NCC1CCC[N+](Cc2ccccc2)(NC(=O)[O-])C1. The number of hydrogen-bond acceptors (Lipinski definition) is 3. The molecule has 2 atom stereocenters. The zero-order valence-corrected chi connectivity index (χ0v) is 11.0. The van der Waals surface area contributed by atoms with Gasteiger partial charge >= 0.3 is 0 Å². The number of likely N-dealkylation sites (tertiary alicyclic amines) is 1. The number of benzene rings is 1. The van der Waals surface area contributed by atoms with E-state index in [-0.39, 0.29) is 0 Å². The van der Waals surface area contributed by atoms with Gasteiger partial charge in [-0.05, 0) is 12.8 Å². The molecule has 0 spiro atoms. The molecule has 1 aromatic rings. The van der Waals surface area contributed by atoms with Gasteiger partial charge in [0.15, 0.2) is 6.09 Å². The third-order valence-corrected chi connectivity index (χ3v) is 3.80. The molecule has 0 aliphatic carbocycles. The van der Waals surface area contributed by atoms with Crippen molar-refractivity contribution >= 4 is 6.09 Å². The fraction of sp³-hybridized carbons (Fsp3) is 0.500. The van der Waals surface area contributed by atoms with Crippen molar-refractivity contribution in [3.8, 4) is 0 Å². The molecule has 1 fully saturated rings. The number of carbonyl (C=O) groups excluding carboxylic acids is 1. The largest absolute Gasteiger partial charge is 0.526 e. The second-order valence-electron chi connectivity index (χ2n) is 5.34. The molecule has 1 heterocycles. The van der Waals surface area contributed by atoms with E-state index in [0.717, 1.165) is 31.5 Å². The number of nitrogens with one attached hydrogen (secondary N) is 1. The van der Waals surface area contributed by atoms with Crippen LogP contribution >= 0.6 is 0 Å². The Labute approximate surface area is 113 Å². The average molecular weight is 263 g/mol. The van der Waals surface area contributed by atoms with Gasteiger partial charge in [-0.1, -0.05) is 30.3 Å². The standard InChI is InChI=1S/C14H21N3O2/c15-9-13-7-4-8-17(11-13,16-14(18)19)10-12-5-2-1-3-6-12/h1-3,5-6,13,16H,4,7-11,15H2. The van der Waals surface area contributed by atoms with Gasteiger partial charge in [0, 0.05) is 18.0 Å². The Morgan fingerprint density at radius 1 is 1.42 bits per heavy atom. The van der Waals surface area contributed by atoms with Crippen LogP contribution in [0.5, 0.6) is 0 Å². The minimum Gasteiger partial charge on any atom is -0.526 e. The summed E-state index contributed by atoms with van der Waals surface area (Å²) in [7, 11) is 0. The molecule has 2 rings (SSSR count). The number of rotatable bonds is 4. The summed E-state index contributed by atoms with van der Waals surface area (Å²) >= 11 is 0. The van der Waals surface area contributed by atoms with Gasteiger partial charge in [-0.2, -0.15) is 0 Å². The van der Waals surface area contributed by atoms with Crippen LogP contribution in [-0.2, 0) is 6.54 Å². The molecular formula is C14H21N3O2. The third-order valence-electron chi connectivity index (χ3n) is 3.80. The maximum atomic E-state index is 11.0. The van der Waals surface area contributed by atoms with Gasteiger partial charge in [0.05, 0.1) is 0 Å². The van der Waals surface area contributed by atoms with Crippen molar-refractivity contribution in [2.75, 3.05) is 19.6 Å². The zero-order chi connectivity index (χ0) is 13.7. The smallest absolute Gasteiger partial charge is 0.185 e. The minimum atomic E-state index is -1.21. The van der Waals surface area contributed by atoms with Gasteiger partial charge in [-0.25, -0.2) is 10.0 Å². The monoisotopic (exact) mass is 263 g/mol. The Morgan fingerprint density at radius 2 is 2.16 bits per heavy atom. The lowest BCUT2D eigenvalue weighted by atomic mass is 9.96. The normalized spacial score (nSPS) is 26.9. The van der Waals surface area contributed by atoms with E-state index in [1.54, 1.807) is 0 Å². The summed E-state index contributed by atoms with van der Waals surface area (Å²) in [6.45, 7) is 2.77. The van der Waals surface area contributed by atoms with Crippen molar-refractivity contribution in [1.29, 1.82) is 0 Å². The topological polar surface area (TPSA) is 78.2 Å². The average Bonchev–Trinajstić information content (AvgIpc) is 2.39. The number of nitrogens with two attached hydrogens (primary N) is 1. The zero-order valence-electron chi connectivity index (χ0n) is 11.0. The van der Waals surface area contributed by atoms with Crippen LogP contribution in [0.1, 0.15) is 18.4 Å². The van der Waals surface area contributed by atoms with Gasteiger partial charge in [-0.3, -0.25) is 0 Å². The van der Waals surface area contributed by atoms with Gasteiger partial charge in [0.2, 0.25) is 0 Å². The van der Waals surface area contributed by atoms with E-state index in [4.69, 9.17) is 5.73 Å². The quantitative estimate of drug-likeness (QED) is 0.763. The van der Waals surface area contributed by atoms with Crippen molar-refractivity contribution in [3.05, 3.63) is 35.9 Å². The number of hydrogen-bond donors (Lipinski definition) is 2. The number of quaternary nitrogens is 1. The molecule has 2 unspecified atom stereocenters. The van der Waals surface area contributed by atoms with Crippen molar-refractivity contribution in [2.45, 2.75) is 19.4 Å². The van der Waals surface area contributed by atoms with Crippen LogP contribution in [-0.4, -0.2) is 30.3 Å². The lowest BCUT2D eigenvalue weighted by molar-refractivity contribution is -0.982. The second-order valence-corrected chi connectivity index (χ2v) is 5.34. The molecule has 5 heteroatoms. The first-order chi connectivity index (χ1) is 9.13. The number of carbonyl (C=O) groups is 1. The highest BCUT2D eigenvalue weighted by atomic mass is 16.4. The van der Waals surface area contributed by atoms with Gasteiger partial charge in [0.25, 0.3) is 0 Å². The Balaban J connectivity index is 2.16. The van der Waals surface area contributed by atoms with E-state index in [2.05, 4.69) is 5.43 Å². The maximum absolute atomic E-state index is 11.0. The molecule has 1 aliphatic heterocycles. The molecule has 1 aromatic carbocycles. The highest BCUT2D eigenvalue weighted by Crippen LogP contribution is 2.23. The van der Waals surface area contributed by atoms with E-state index in [0.29, 0.717) is 23.6 Å². The molecule has 3 N–H and O–H groups in total. The first-order valence-electron chi connectivity index (χ1n) is 6.73. The molecule has 1 amide bonds. The van der Waals surface area contributed by atoms with Crippen LogP contribution in [0, 0.1) is 5.92 Å². The summed E-state index contributed by atoms with van der Waals surface area (Å²) < 4.78 is 0.328. The molecule has 5 nitrogen and oxygen atoms in total. The van der Waals surface area contributed by atoms with E-state index in [1.807, 2.05) is 30.3 Å². The summed E-state index contributed by atoms with van der Waals surface area (Å²) in [4.78, 5) is 11.0. The van der Waals surface area contributed by atoms with Gasteiger partial charge in [0.1, 0.15) is 19.6 Å². The number of nitrogens with zero attached hydrogens (tertiary/aromatic N) is 1. The number of amides is 1. The minimum absolute atomic E-state index is 0.328. The van der Waals surface area contributed by atoms with Crippen molar-refractivity contribution < 1.29 is 14.5 Å². The molecule has 0 aromatic heterocycles. The molecule has 0 bridgehead atoms. The van der Waals surface area contributed by atoms with E-state index in [9.17, 15) is 9.90 Å². The fourth-order valence-corrected chi connectivity index (χ4v) is 2.96. The van der Waals surface area contributed by atoms with Crippen molar-refractivity contribution in [2.24, 2.45) is 11.7 Å². The maximum Gasteiger partial charge on any atom is 0.185 e. The Hall–Kier alpha value is -1.59. The number of carboxylic acid groups (broad SMARTS) is 1. The van der Waals surface area contributed by atoms with Gasteiger partial charge < -0.3 is 15.6 Å². The Kier molecular flexibility index (Phi) is 4.39.